The third-order valence-corrected chi connectivity index (χ3v) is 3.92. The molecule has 0 fully saturated rings. The number of H-pyrrole nitrogens is 1. The van der Waals surface area contributed by atoms with Crippen LogP contribution in [0.15, 0.2) is 42.5 Å². The molecule has 0 spiro atoms. The number of benzene rings is 2. The molecule has 5 nitrogen and oxygen atoms in total. The molecule has 0 aliphatic heterocycles. The Morgan fingerprint density at radius 1 is 1.04 bits per heavy atom. The normalized spacial score (nSPS) is 10.6. The zero-order valence-corrected chi connectivity index (χ0v) is 14.3. The Morgan fingerprint density at radius 3 is 2.44 bits per heavy atom. The summed E-state index contributed by atoms with van der Waals surface area (Å²) in [5.74, 6) is -0.353. The predicted molar refractivity (Wildman–Crippen MR) is 97.3 cm³/mol. The number of hydrogen-bond acceptors (Lipinski definition) is 2. The summed E-state index contributed by atoms with van der Waals surface area (Å²) in [6.45, 7) is 5.88. The summed E-state index contributed by atoms with van der Waals surface area (Å²) in [4.78, 5) is 12.3. The maximum atomic E-state index is 12.9. The van der Waals surface area contributed by atoms with Gasteiger partial charge < -0.3 is 10.6 Å². The number of urea groups is 1. The van der Waals surface area contributed by atoms with Crippen LogP contribution in [0.1, 0.15) is 16.8 Å². The van der Waals surface area contributed by atoms with Crippen molar-refractivity contribution >= 4 is 17.4 Å². The average molecular weight is 338 g/mol. The van der Waals surface area contributed by atoms with E-state index in [1.165, 1.54) is 24.3 Å². The van der Waals surface area contributed by atoms with E-state index in [1.807, 2.05) is 32.9 Å². The van der Waals surface area contributed by atoms with Gasteiger partial charge in [-0.25, -0.2) is 9.18 Å². The van der Waals surface area contributed by atoms with Crippen molar-refractivity contribution in [3.63, 3.8) is 0 Å². The minimum atomic E-state index is -0.415. The van der Waals surface area contributed by atoms with Crippen LogP contribution in [0.4, 0.5) is 20.6 Å². The van der Waals surface area contributed by atoms with Gasteiger partial charge in [0.05, 0.1) is 11.4 Å². The Morgan fingerprint density at radius 2 is 1.76 bits per heavy atom. The predicted octanol–water partition coefficient (Wildman–Crippen LogP) is 4.79. The first-order chi connectivity index (χ1) is 11.9. The van der Waals surface area contributed by atoms with Crippen LogP contribution in [-0.4, -0.2) is 16.2 Å². The van der Waals surface area contributed by atoms with Gasteiger partial charge in [-0.1, -0.05) is 23.8 Å². The van der Waals surface area contributed by atoms with Crippen molar-refractivity contribution in [2.45, 2.75) is 20.8 Å². The van der Waals surface area contributed by atoms with Gasteiger partial charge in [-0.2, -0.15) is 5.10 Å². The van der Waals surface area contributed by atoms with Crippen LogP contribution < -0.4 is 10.6 Å². The van der Waals surface area contributed by atoms with E-state index in [2.05, 4.69) is 26.9 Å². The molecule has 6 heteroatoms. The van der Waals surface area contributed by atoms with Crippen LogP contribution >= 0.6 is 0 Å². The average Bonchev–Trinajstić information content (AvgIpc) is 2.91. The Hall–Kier alpha value is -3.15. The highest BCUT2D eigenvalue weighted by Gasteiger charge is 2.16. The van der Waals surface area contributed by atoms with Gasteiger partial charge in [0.1, 0.15) is 11.5 Å². The smallest absolute Gasteiger partial charge is 0.308 e. The Labute approximate surface area is 145 Å². The molecule has 3 N–H and O–H groups in total. The number of halogens is 1. The summed E-state index contributed by atoms with van der Waals surface area (Å²) in [5, 5.41) is 12.7. The number of hydrogen-bond donors (Lipinski definition) is 3. The summed E-state index contributed by atoms with van der Waals surface area (Å²) in [6.07, 6.45) is 0. The van der Waals surface area contributed by atoms with Crippen LogP contribution in [0, 0.1) is 26.6 Å². The van der Waals surface area contributed by atoms with Gasteiger partial charge in [0.25, 0.3) is 0 Å². The van der Waals surface area contributed by atoms with Gasteiger partial charge in [0, 0.05) is 11.3 Å². The zero-order valence-electron chi connectivity index (χ0n) is 14.3. The third-order valence-electron chi connectivity index (χ3n) is 3.92. The number of aryl methyl sites for hydroxylation is 3. The van der Waals surface area contributed by atoms with E-state index in [1.54, 1.807) is 0 Å². The van der Waals surface area contributed by atoms with Crippen molar-refractivity contribution in [3.05, 3.63) is 65.1 Å². The first kappa shape index (κ1) is 16.7. The van der Waals surface area contributed by atoms with Crippen molar-refractivity contribution in [2.75, 3.05) is 10.6 Å². The van der Waals surface area contributed by atoms with Crippen LogP contribution in [0.2, 0.25) is 0 Å². The zero-order chi connectivity index (χ0) is 18.0. The first-order valence-electron chi connectivity index (χ1n) is 7.90. The Kier molecular flexibility index (Phi) is 4.52. The SMILES string of the molecule is Cc1ccc(-c2n[nH]c(C)c2NC(=O)Nc2ccc(F)cc2)c(C)c1. The van der Waals surface area contributed by atoms with Crippen molar-refractivity contribution in [1.29, 1.82) is 0 Å². The molecule has 3 aromatic rings. The van der Waals surface area contributed by atoms with Gasteiger partial charge in [0.15, 0.2) is 0 Å². The Bertz CT molecular complexity index is 916. The summed E-state index contributed by atoms with van der Waals surface area (Å²) < 4.78 is 12.9. The van der Waals surface area contributed by atoms with Crippen LogP contribution in [0.25, 0.3) is 11.3 Å². The summed E-state index contributed by atoms with van der Waals surface area (Å²) in [5.41, 5.74) is 5.76. The van der Waals surface area contributed by atoms with E-state index >= 15 is 0 Å². The largest absolute Gasteiger partial charge is 0.323 e. The lowest BCUT2D eigenvalue weighted by Crippen LogP contribution is -2.20. The van der Waals surface area contributed by atoms with Crippen LogP contribution in [-0.2, 0) is 0 Å². The molecule has 25 heavy (non-hydrogen) atoms. The molecule has 128 valence electrons. The molecular weight excluding hydrogens is 319 g/mol. The van der Waals surface area contributed by atoms with E-state index < -0.39 is 6.03 Å². The number of carbonyl (C=O) groups excluding carboxylic acids is 1. The summed E-state index contributed by atoms with van der Waals surface area (Å²) in [6, 6.07) is 11.2. The van der Waals surface area contributed by atoms with Gasteiger partial charge in [-0.3, -0.25) is 5.10 Å². The number of aromatic amines is 1. The molecule has 0 unspecified atom stereocenters. The van der Waals surface area contributed by atoms with E-state index in [0.717, 1.165) is 22.4 Å². The van der Waals surface area contributed by atoms with E-state index in [0.29, 0.717) is 17.1 Å². The first-order valence-corrected chi connectivity index (χ1v) is 7.90. The quantitative estimate of drug-likeness (QED) is 0.643. The molecule has 0 saturated heterocycles. The molecule has 0 aliphatic carbocycles. The molecule has 0 aliphatic rings. The highest BCUT2D eigenvalue weighted by molar-refractivity contribution is 6.02. The lowest BCUT2D eigenvalue weighted by molar-refractivity contribution is 0.262. The van der Waals surface area contributed by atoms with Crippen LogP contribution in [0.5, 0.6) is 0 Å². The molecule has 0 atom stereocenters. The Balaban J connectivity index is 1.84. The minimum absolute atomic E-state index is 0.353. The molecule has 2 amide bonds. The van der Waals surface area contributed by atoms with Gasteiger partial charge in [-0.05, 0) is 50.6 Å². The maximum Gasteiger partial charge on any atom is 0.323 e. The van der Waals surface area contributed by atoms with Gasteiger partial charge in [0.2, 0.25) is 0 Å². The summed E-state index contributed by atoms with van der Waals surface area (Å²) >= 11 is 0. The number of anilines is 2. The highest BCUT2D eigenvalue weighted by atomic mass is 19.1. The van der Waals surface area contributed by atoms with Gasteiger partial charge in [-0.15, -0.1) is 0 Å². The number of carbonyl (C=O) groups is 1. The molecular formula is C19H19FN4O. The molecule has 0 radical (unpaired) electrons. The standard InChI is InChI=1S/C19H19FN4O/c1-11-4-9-16(12(2)10-11)18-17(13(3)23-24-18)22-19(25)21-15-7-5-14(20)6-8-15/h4-10H,1-3H3,(H,23,24)(H2,21,22,25). The second-order valence-electron chi connectivity index (χ2n) is 5.98. The minimum Gasteiger partial charge on any atom is -0.308 e. The van der Waals surface area contributed by atoms with E-state index in [4.69, 9.17) is 0 Å². The second-order valence-corrected chi connectivity index (χ2v) is 5.98. The monoisotopic (exact) mass is 338 g/mol. The number of aromatic nitrogens is 2. The van der Waals surface area contributed by atoms with Crippen molar-refractivity contribution in [2.24, 2.45) is 0 Å². The second kappa shape index (κ2) is 6.76. The lowest BCUT2D eigenvalue weighted by Gasteiger charge is -2.10. The third kappa shape index (κ3) is 3.68. The number of amides is 2. The molecule has 3 rings (SSSR count). The van der Waals surface area contributed by atoms with Crippen molar-refractivity contribution in [3.8, 4) is 11.3 Å². The molecule has 0 bridgehead atoms. The fourth-order valence-corrected chi connectivity index (χ4v) is 2.67. The fraction of sp³-hybridized carbons (Fsp3) is 0.158. The van der Waals surface area contributed by atoms with Crippen LogP contribution in [0.3, 0.4) is 0 Å². The summed E-state index contributed by atoms with van der Waals surface area (Å²) in [7, 11) is 0. The van der Waals surface area contributed by atoms with Crippen molar-refractivity contribution in [1.82, 2.24) is 10.2 Å². The number of nitrogens with zero attached hydrogens (tertiary/aromatic N) is 1. The van der Waals surface area contributed by atoms with Crippen molar-refractivity contribution < 1.29 is 9.18 Å². The maximum absolute atomic E-state index is 12.9. The molecule has 1 heterocycles. The number of nitrogens with one attached hydrogen (secondary N) is 3. The van der Waals surface area contributed by atoms with Gasteiger partial charge >= 0.3 is 6.03 Å². The molecule has 1 aromatic heterocycles. The number of rotatable bonds is 3. The molecule has 2 aromatic carbocycles. The van der Waals surface area contributed by atoms with E-state index in [9.17, 15) is 9.18 Å². The lowest BCUT2D eigenvalue weighted by atomic mass is 10.0. The fourth-order valence-electron chi connectivity index (χ4n) is 2.67. The molecule has 0 saturated carbocycles. The highest BCUT2D eigenvalue weighted by Crippen LogP contribution is 2.31. The topological polar surface area (TPSA) is 69.8 Å². The van der Waals surface area contributed by atoms with E-state index in [-0.39, 0.29) is 5.82 Å².